The molecule has 5 nitrogen and oxygen atoms in total. The predicted octanol–water partition coefficient (Wildman–Crippen LogP) is 4.59. The summed E-state index contributed by atoms with van der Waals surface area (Å²) in [6.07, 6.45) is 0. The first-order chi connectivity index (χ1) is 12.4. The van der Waals surface area contributed by atoms with Crippen molar-refractivity contribution in [3.8, 4) is 0 Å². The monoisotopic (exact) mass is 451 g/mol. The molecule has 136 valence electrons. The zero-order valence-electron chi connectivity index (χ0n) is 14.6. The van der Waals surface area contributed by atoms with E-state index >= 15 is 0 Å². The Morgan fingerprint density at radius 1 is 1.31 bits per heavy atom. The molecule has 1 aromatic carbocycles. The van der Waals surface area contributed by atoms with E-state index in [0.717, 1.165) is 25.4 Å². The molecular formula is C18H18BrN3O2S2. The van der Waals surface area contributed by atoms with Gasteiger partial charge in [0.05, 0.1) is 11.1 Å². The van der Waals surface area contributed by atoms with Gasteiger partial charge in [0.1, 0.15) is 4.83 Å². The maximum Gasteiger partial charge on any atom is 0.263 e. The quantitative estimate of drug-likeness (QED) is 0.455. The van der Waals surface area contributed by atoms with Crippen molar-refractivity contribution in [2.24, 2.45) is 0 Å². The average molecular weight is 452 g/mol. The van der Waals surface area contributed by atoms with Gasteiger partial charge in [-0.2, -0.15) is 0 Å². The topological polar surface area (TPSA) is 64.0 Å². The molecule has 0 fully saturated rings. The number of hydrogen-bond acceptors (Lipinski definition) is 5. The molecular weight excluding hydrogens is 434 g/mol. The maximum atomic E-state index is 12.8. The van der Waals surface area contributed by atoms with Crippen molar-refractivity contribution in [3.63, 3.8) is 0 Å². The molecule has 0 unspecified atom stereocenters. The fraction of sp³-hybridized carbons (Fsp3) is 0.278. The van der Waals surface area contributed by atoms with Gasteiger partial charge in [-0.05, 0) is 50.6 Å². The number of hydrogen-bond donors (Lipinski definition) is 1. The van der Waals surface area contributed by atoms with E-state index in [4.69, 9.17) is 0 Å². The number of amides is 1. The summed E-state index contributed by atoms with van der Waals surface area (Å²) in [7, 11) is 0. The number of thioether (sulfide) groups is 1. The minimum atomic E-state index is -0.132. The average Bonchev–Trinajstić information content (AvgIpc) is 2.89. The Bertz CT molecular complexity index is 1030. The van der Waals surface area contributed by atoms with Gasteiger partial charge in [0.25, 0.3) is 5.56 Å². The molecule has 0 atom stereocenters. The summed E-state index contributed by atoms with van der Waals surface area (Å²) in [5.41, 5.74) is 1.70. The first-order valence-corrected chi connectivity index (χ1v) is 10.7. The highest BCUT2D eigenvalue weighted by Gasteiger charge is 2.16. The van der Waals surface area contributed by atoms with Crippen LogP contribution in [0.1, 0.15) is 17.4 Å². The molecule has 8 heteroatoms. The van der Waals surface area contributed by atoms with Crippen LogP contribution >= 0.6 is 39.0 Å². The van der Waals surface area contributed by atoms with Gasteiger partial charge in [0.2, 0.25) is 5.91 Å². The predicted molar refractivity (Wildman–Crippen MR) is 113 cm³/mol. The van der Waals surface area contributed by atoms with Gasteiger partial charge >= 0.3 is 0 Å². The SMILES string of the molecule is CCn1c(SCC(=O)Nc2ccc(Br)cc2)nc2sc(C)c(C)c2c1=O. The Morgan fingerprint density at radius 2 is 2.00 bits per heavy atom. The molecule has 3 rings (SSSR count). The van der Waals surface area contributed by atoms with Gasteiger partial charge < -0.3 is 5.32 Å². The van der Waals surface area contributed by atoms with Crippen molar-refractivity contribution in [1.82, 2.24) is 9.55 Å². The summed E-state index contributed by atoms with van der Waals surface area (Å²) in [6.45, 7) is 6.38. The van der Waals surface area contributed by atoms with Crippen molar-refractivity contribution < 1.29 is 4.79 Å². The summed E-state index contributed by atoms with van der Waals surface area (Å²) in [5.74, 6) is 0.0602. The molecule has 0 aliphatic rings. The Balaban J connectivity index is 1.81. The first kappa shape index (κ1) is 19.1. The van der Waals surface area contributed by atoms with Gasteiger partial charge in [-0.3, -0.25) is 14.2 Å². The molecule has 0 aliphatic heterocycles. The second-order valence-electron chi connectivity index (χ2n) is 5.75. The molecule has 1 N–H and O–H groups in total. The minimum Gasteiger partial charge on any atom is -0.325 e. The Kier molecular flexibility index (Phi) is 5.84. The summed E-state index contributed by atoms with van der Waals surface area (Å²) in [5, 5.41) is 4.12. The Labute approximate surface area is 168 Å². The highest BCUT2D eigenvalue weighted by Crippen LogP contribution is 2.28. The van der Waals surface area contributed by atoms with Crippen LogP contribution in [0.4, 0.5) is 5.69 Å². The summed E-state index contributed by atoms with van der Waals surface area (Å²) in [4.78, 5) is 31.5. The fourth-order valence-electron chi connectivity index (χ4n) is 2.56. The zero-order valence-corrected chi connectivity index (χ0v) is 17.8. The van der Waals surface area contributed by atoms with Crippen molar-refractivity contribution in [1.29, 1.82) is 0 Å². The number of thiophene rings is 1. The molecule has 0 aliphatic carbocycles. The number of fused-ring (bicyclic) bond motifs is 1. The normalized spacial score (nSPS) is 11.1. The van der Waals surface area contributed by atoms with Gasteiger partial charge in [0.15, 0.2) is 5.16 Å². The van der Waals surface area contributed by atoms with Crippen LogP contribution in [0.15, 0.2) is 38.7 Å². The van der Waals surface area contributed by atoms with E-state index in [2.05, 4.69) is 26.2 Å². The van der Waals surface area contributed by atoms with Crippen LogP contribution in [0.2, 0.25) is 0 Å². The van der Waals surface area contributed by atoms with Gasteiger partial charge in [0, 0.05) is 21.6 Å². The van der Waals surface area contributed by atoms with Crippen molar-refractivity contribution in [2.45, 2.75) is 32.5 Å². The standard InChI is InChI=1S/C18H18BrN3O2S2/c1-4-22-17(24)15-10(2)11(3)26-16(15)21-18(22)25-9-14(23)20-13-7-5-12(19)6-8-13/h5-8H,4,9H2,1-3H3,(H,20,23). The molecule has 2 heterocycles. The van der Waals surface area contributed by atoms with Crippen LogP contribution in [0.3, 0.4) is 0 Å². The molecule has 0 bridgehead atoms. The number of benzene rings is 1. The lowest BCUT2D eigenvalue weighted by Gasteiger charge is -2.10. The number of aryl methyl sites for hydroxylation is 2. The number of anilines is 1. The van der Waals surface area contributed by atoms with Crippen LogP contribution in [0, 0.1) is 13.8 Å². The Hall–Kier alpha value is -1.64. The second-order valence-corrected chi connectivity index (χ2v) is 8.81. The van der Waals surface area contributed by atoms with Gasteiger partial charge in [-0.1, -0.05) is 27.7 Å². The maximum absolute atomic E-state index is 12.8. The third-order valence-corrected chi connectivity index (χ3v) is 6.64. The van der Waals surface area contributed by atoms with E-state index in [9.17, 15) is 9.59 Å². The first-order valence-electron chi connectivity index (χ1n) is 8.09. The van der Waals surface area contributed by atoms with E-state index in [-0.39, 0.29) is 17.2 Å². The third-order valence-electron chi connectivity index (χ3n) is 4.03. The van der Waals surface area contributed by atoms with Crippen LogP contribution in [0.5, 0.6) is 0 Å². The largest absolute Gasteiger partial charge is 0.325 e. The number of carbonyl (C=O) groups is 1. The number of halogens is 1. The number of aromatic nitrogens is 2. The fourth-order valence-corrected chi connectivity index (χ4v) is 4.76. The van der Waals surface area contributed by atoms with Crippen molar-refractivity contribution in [3.05, 3.63) is 49.5 Å². The van der Waals surface area contributed by atoms with E-state index in [1.807, 2.05) is 45.0 Å². The van der Waals surface area contributed by atoms with Gasteiger partial charge in [-0.25, -0.2) is 4.98 Å². The van der Waals surface area contributed by atoms with Crippen LogP contribution in [-0.4, -0.2) is 21.2 Å². The smallest absolute Gasteiger partial charge is 0.263 e. The highest BCUT2D eigenvalue weighted by molar-refractivity contribution is 9.10. The zero-order chi connectivity index (χ0) is 18.8. The Morgan fingerprint density at radius 3 is 2.65 bits per heavy atom. The van der Waals surface area contributed by atoms with Crippen molar-refractivity contribution >= 4 is 60.8 Å². The molecule has 2 aromatic heterocycles. The lowest BCUT2D eigenvalue weighted by molar-refractivity contribution is -0.113. The van der Waals surface area contributed by atoms with Crippen molar-refractivity contribution in [2.75, 3.05) is 11.1 Å². The number of nitrogens with zero attached hydrogens (tertiary/aromatic N) is 2. The van der Waals surface area contributed by atoms with Gasteiger partial charge in [-0.15, -0.1) is 11.3 Å². The summed E-state index contributed by atoms with van der Waals surface area (Å²) in [6, 6.07) is 7.40. The molecule has 1 amide bonds. The van der Waals surface area contributed by atoms with Crippen LogP contribution in [-0.2, 0) is 11.3 Å². The molecule has 0 radical (unpaired) electrons. The van der Waals surface area contributed by atoms with Crippen LogP contribution in [0.25, 0.3) is 10.2 Å². The molecule has 0 spiro atoms. The third kappa shape index (κ3) is 3.87. The van der Waals surface area contributed by atoms with E-state index in [1.165, 1.54) is 23.1 Å². The second kappa shape index (κ2) is 7.94. The molecule has 3 aromatic rings. The lowest BCUT2D eigenvalue weighted by atomic mass is 10.2. The number of rotatable bonds is 5. The number of nitrogens with one attached hydrogen (secondary N) is 1. The van der Waals surface area contributed by atoms with E-state index < -0.39 is 0 Å². The lowest BCUT2D eigenvalue weighted by Crippen LogP contribution is -2.23. The summed E-state index contributed by atoms with van der Waals surface area (Å²) < 4.78 is 2.59. The van der Waals surface area contributed by atoms with Crippen LogP contribution < -0.4 is 10.9 Å². The molecule has 0 saturated heterocycles. The summed E-state index contributed by atoms with van der Waals surface area (Å²) >= 11 is 6.17. The molecule has 26 heavy (non-hydrogen) atoms. The molecule has 0 saturated carbocycles. The van der Waals surface area contributed by atoms with E-state index in [1.54, 1.807) is 4.57 Å². The highest BCUT2D eigenvalue weighted by atomic mass is 79.9. The number of carbonyl (C=O) groups excluding carboxylic acids is 1. The van der Waals surface area contributed by atoms with E-state index in [0.29, 0.717) is 17.1 Å². The minimum absolute atomic E-state index is 0.0323.